The van der Waals surface area contributed by atoms with Crippen LogP contribution in [-0.2, 0) is 10.0 Å². The first-order valence-corrected chi connectivity index (χ1v) is 7.43. The van der Waals surface area contributed by atoms with Gasteiger partial charge < -0.3 is 10.2 Å². The Bertz CT molecular complexity index is 486. The number of sulfonamides is 1. The van der Waals surface area contributed by atoms with E-state index in [9.17, 15) is 8.42 Å². The van der Waals surface area contributed by atoms with Crippen molar-refractivity contribution in [1.82, 2.24) is 4.90 Å². The lowest BCUT2D eigenvalue weighted by atomic mass is 10.3. The number of nitrogens with one attached hydrogen (secondary N) is 1. The molecule has 0 aromatic heterocycles. The van der Waals surface area contributed by atoms with Crippen LogP contribution in [0, 0.1) is 0 Å². The highest BCUT2D eigenvalue weighted by atomic mass is 32.2. The van der Waals surface area contributed by atoms with Crippen molar-refractivity contribution in [3.8, 4) is 0 Å². The molecule has 0 spiro atoms. The van der Waals surface area contributed by atoms with Gasteiger partial charge in [-0.2, -0.15) is 0 Å². The number of nitrogens with two attached hydrogens (primary N) is 1. The van der Waals surface area contributed by atoms with Crippen molar-refractivity contribution in [3.05, 3.63) is 24.3 Å². The van der Waals surface area contributed by atoms with Crippen LogP contribution >= 0.6 is 0 Å². The van der Waals surface area contributed by atoms with Gasteiger partial charge in [-0.25, -0.2) is 13.6 Å². The van der Waals surface area contributed by atoms with E-state index in [2.05, 4.69) is 24.1 Å². The molecular weight excluding hydrogens is 250 g/mol. The number of likely N-dealkylation sites (N-methyl/N-ethyl adjacent to an activating group) is 1. The average molecular weight is 271 g/mol. The molecule has 102 valence electrons. The average Bonchev–Trinajstić information content (AvgIpc) is 2.28. The van der Waals surface area contributed by atoms with Gasteiger partial charge in [-0.15, -0.1) is 0 Å². The van der Waals surface area contributed by atoms with Crippen molar-refractivity contribution in [3.63, 3.8) is 0 Å². The normalized spacial score (nSPS) is 12.1. The molecule has 0 unspecified atom stereocenters. The molecule has 1 rings (SSSR count). The molecule has 0 radical (unpaired) electrons. The number of nitrogens with zero attached hydrogens (tertiary/aromatic N) is 1. The molecule has 0 atom stereocenters. The van der Waals surface area contributed by atoms with E-state index in [0.717, 1.165) is 6.54 Å². The second kappa shape index (κ2) is 6.17. The van der Waals surface area contributed by atoms with E-state index in [0.29, 0.717) is 18.3 Å². The number of rotatable bonds is 6. The maximum Gasteiger partial charge on any atom is 0.240 e. The number of benzene rings is 1. The Morgan fingerprint density at radius 2 is 1.94 bits per heavy atom. The summed E-state index contributed by atoms with van der Waals surface area (Å²) in [5, 5.41) is 8.26. The lowest BCUT2D eigenvalue weighted by Gasteiger charge is -2.21. The molecule has 0 saturated heterocycles. The highest BCUT2D eigenvalue weighted by Gasteiger charge is 2.12. The molecule has 1 aromatic rings. The van der Waals surface area contributed by atoms with Crippen LogP contribution in [0.2, 0.25) is 0 Å². The maximum atomic E-state index is 11.4. The Kier molecular flexibility index (Phi) is 5.13. The van der Waals surface area contributed by atoms with E-state index in [4.69, 9.17) is 5.14 Å². The summed E-state index contributed by atoms with van der Waals surface area (Å²) >= 11 is 0. The minimum Gasteiger partial charge on any atom is -0.383 e. The van der Waals surface area contributed by atoms with Crippen LogP contribution in [0.5, 0.6) is 0 Å². The summed E-state index contributed by atoms with van der Waals surface area (Å²) in [5.41, 5.74) is 0.553. The quantitative estimate of drug-likeness (QED) is 0.812. The first kappa shape index (κ1) is 14.9. The van der Waals surface area contributed by atoms with Gasteiger partial charge in [0.15, 0.2) is 0 Å². The van der Waals surface area contributed by atoms with Crippen LogP contribution in [0.4, 0.5) is 5.69 Å². The second-order valence-corrected chi connectivity index (χ2v) is 6.07. The Balaban J connectivity index is 2.69. The molecule has 0 aliphatic carbocycles. The standard InChI is InChI=1S/C12H21N3O2S/c1-10(2)15(3)9-8-14-11-6-4-5-7-12(11)18(13,16)17/h4-7,10,14H,8-9H2,1-3H3,(H2,13,16,17). The molecule has 0 fully saturated rings. The SMILES string of the molecule is CC(C)N(C)CCNc1ccccc1S(N)(=O)=O. The van der Waals surface area contributed by atoms with E-state index in [1.54, 1.807) is 18.2 Å². The van der Waals surface area contributed by atoms with Crippen LogP contribution in [0.25, 0.3) is 0 Å². The summed E-state index contributed by atoms with van der Waals surface area (Å²) in [5.74, 6) is 0. The van der Waals surface area contributed by atoms with Crippen molar-refractivity contribution >= 4 is 15.7 Å². The van der Waals surface area contributed by atoms with Crippen molar-refractivity contribution in [2.45, 2.75) is 24.8 Å². The first-order valence-electron chi connectivity index (χ1n) is 5.88. The summed E-state index contributed by atoms with van der Waals surface area (Å²) in [6, 6.07) is 7.12. The molecule has 6 heteroatoms. The monoisotopic (exact) mass is 271 g/mol. The third kappa shape index (κ3) is 4.29. The number of hydrogen-bond acceptors (Lipinski definition) is 4. The predicted octanol–water partition coefficient (Wildman–Crippen LogP) is 1.09. The zero-order chi connectivity index (χ0) is 13.8. The highest BCUT2D eigenvalue weighted by Crippen LogP contribution is 2.18. The molecule has 0 aliphatic heterocycles. The van der Waals surface area contributed by atoms with Gasteiger partial charge >= 0.3 is 0 Å². The summed E-state index contributed by atoms with van der Waals surface area (Å²) in [6.07, 6.45) is 0. The number of primary sulfonamides is 1. The van der Waals surface area contributed by atoms with E-state index in [1.807, 2.05) is 7.05 Å². The third-order valence-corrected chi connectivity index (χ3v) is 3.82. The molecule has 0 aliphatic rings. The van der Waals surface area contributed by atoms with Gasteiger partial charge in [0.2, 0.25) is 10.0 Å². The molecule has 18 heavy (non-hydrogen) atoms. The molecule has 0 saturated carbocycles. The van der Waals surface area contributed by atoms with Crippen LogP contribution in [0.1, 0.15) is 13.8 Å². The van der Waals surface area contributed by atoms with Gasteiger partial charge in [0.25, 0.3) is 0 Å². The lowest BCUT2D eigenvalue weighted by molar-refractivity contribution is 0.284. The predicted molar refractivity (Wildman–Crippen MR) is 74.1 cm³/mol. The molecule has 0 amide bonds. The Hall–Kier alpha value is -1.11. The van der Waals surface area contributed by atoms with Gasteiger partial charge in [0.05, 0.1) is 5.69 Å². The smallest absolute Gasteiger partial charge is 0.240 e. The van der Waals surface area contributed by atoms with Crippen LogP contribution in [0.15, 0.2) is 29.2 Å². The van der Waals surface area contributed by atoms with Crippen LogP contribution in [0.3, 0.4) is 0 Å². The van der Waals surface area contributed by atoms with E-state index in [-0.39, 0.29) is 4.90 Å². The maximum absolute atomic E-state index is 11.4. The summed E-state index contributed by atoms with van der Waals surface area (Å²) < 4.78 is 22.8. The summed E-state index contributed by atoms with van der Waals surface area (Å²) in [6.45, 7) is 5.72. The van der Waals surface area contributed by atoms with E-state index < -0.39 is 10.0 Å². The van der Waals surface area contributed by atoms with Crippen molar-refractivity contribution in [2.24, 2.45) is 5.14 Å². The molecular formula is C12H21N3O2S. The minimum atomic E-state index is -3.68. The van der Waals surface area contributed by atoms with Gasteiger partial charge in [0.1, 0.15) is 4.90 Å². The lowest BCUT2D eigenvalue weighted by Crippen LogP contribution is -2.31. The van der Waals surface area contributed by atoms with Crippen molar-refractivity contribution in [2.75, 3.05) is 25.5 Å². The van der Waals surface area contributed by atoms with E-state index in [1.165, 1.54) is 6.07 Å². The summed E-state index contributed by atoms with van der Waals surface area (Å²) in [4.78, 5) is 2.31. The second-order valence-electron chi connectivity index (χ2n) is 4.54. The number of para-hydroxylation sites is 1. The Labute approximate surface area is 109 Å². The first-order chi connectivity index (χ1) is 8.32. The molecule has 3 N–H and O–H groups in total. The van der Waals surface area contributed by atoms with Gasteiger partial charge in [-0.3, -0.25) is 0 Å². The van der Waals surface area contributed by atoms with Gasteiger partial charge in [-0.05, 0) is 33.0 Å². The van der Waals surface area contributed by atoms with Crippen molar-refractivity contribution in [1.29, 1.82) is 0 Å². The zero-order valence-corrected chi connectivity index (χ0v) is 11.9. The fraction of sp³-hybridized carbons (Fsp3) is 0.500. The molecule has 0 heterocycles. The van der Waals surface area contributed by atoms with Gasteiger partial charge in [-0.1, -0.05) is 12.1 Å². The largest absolute Gasteiger partial charge is 0.383 e. The van der Waals surface area contributed by atoms with Crippen molar-refractivity contribution < 1.29 is 8.42 Å². The topological polar surface area (TPSA) is 75.4 Å². The molecule has 5 nitrogen and oxygen atoms in total. The number of anilines is 1. The van der Waals surface area contributed by atoms with E-state index >= 15 is 0 Å². The summed E-state index contributed by atoms with van der Waals surface area (Å²) in [7, 11) is -1.65. The van der Waals surface area contributed by atoms with Crippen LogP contribution < -0.4 is 10.5 Å². The molecule has 1 aromatic carbocycles. The Morgan fingerprint density at radius 1 is 1.33 bits per heavy atom. The fourth-order valence-electron chi connectivity index (χ4n) is 1.49. The zero-order valence-electron chi connectivity index (χ0n) is 11.1. The number of hydrogen-bond donors (Lipinski definition) is 2. The fourth-order valence-corrected chi connectivity index (χ4v) is 2.20. The third-order valence-electron chi connectivity index (χ3n) is 2.86. The highest BCUT2D eigenvalue weighted by molar-refractivity contribution is 7.89. The Morgan fingerprint density at radius 3 is 2.50 bits per heavy atom. The molecule has 0 bridgehead atoms. The van der Waals surface area contributed by atoms with Gasteiger partial charge in [0, 0.05) is 19.1 Å². The van der Waals surface area contributed by atoms with Crippen LogP contribution in [-0.4, -0.2) is 39.5 Å². The minimum absolute atomic E-state index is 0.136.